The number of hydrogen-bond donors (Lipinski definition) is 4. The van der Waals surface area contributed by atoms with Crippen molar-refractivity contribution in [3.05, 3.63) is 70.3 Å². The number of aliphatic hydroxyl groups is 4. The molecule has 1 unspecified atom stereocenters. The Morgan fingerprint density at radius 1 is 1.00 bits per heavy atom. The van der Waals surface area contributed by atoms with Gasteiger partial charge in [-0.2, -0.15) is 0 Å². The molecule has 0 bridgehead atoms. The molecule has 6 heteroatoms. The second-order valence-corrected chi connectivity index (χ2v) is 7.57. The highest BCUT2D eigenvalue weighted by Crippen LogP contribution is 2.42. The zero-order valence-electron chi connectivity index (χ0n) is 16.9. The molecule has 158 valence electrons. The summed E-state index contributed by atoms with van der Waals surface area (Å²) in [6.45, 7) is 2.79. The van der Waals surface area contributed by atoms with Crippen LogP contribution in [0.1, 0.15) is 41.7 Å². The molecule has 0 amide bonds. The molecule has 6 nitrogen and oxygen atoms in total. The Hall–Kier alpha value is -1.80. The third-order valence-electron chi connectivity index (χ3n) is 5.49. The first kappa shape index (κ1) is 21.9. The minimum absolute atomic E-state index is 0.204. The van der Waals surface area contributed by atoms with Crippen molar-refractivity contribution in [3.63, 3.8) is 0 Å². The summed E-state index contributed by atoms with van der Waals surface area (Å²) in [5.74, 6) is -1.64. The van der Waals surface area contributed by atoms with Gasteiger partial charge in [-0.3, -0.25) is 0 Å². The minimum Gasteiger partial charge on any atom is -0.394 e. The number of aliphatic hydroxyl groups excluding tert-OH is 4. The number of benzene rings is 2. The maximum absolute atomic E-state index is 10.6. The molecule has 0 saturated carbocycles. The number of fused-ring (bicyclic) bond motifs is 1. The summed E-state index contributed by atoms with van der Waals surface area (Å²) in [5.41, 5.74) is 4.90. The van der Waals surface area contributed by atoms with E-state index in [1.807, 2.05) is 18.2 Å². The topological polar surface area (TPSA) is 99.4 Å². The molecule has 3 rings (SSSR count). The molecular formula is C23H30O6. The van der Waals surface area contributed by atoms with Crippen molar-refractivity contribution < 1.29 is 29.9 Å². The van der Waals surface area contributed by atoms with E-state index >= 15 is 0 Å². The van der Waals surface area contributed by atoms with Crippen LogP contribution in [0.4, 0.5) is 0 Å². The van der Waals surface area contributed by atoms with Gasteiger partial charge in [0.25, 0.3) is 0 Å². The Morgan fingerprint density at radius 3 is 2.24 bits per heavy atom. The third kappa shape index (κ3) is 4.53. The van der Waals surface area contributed by atoms with Gasteiger partial charge < -0.3 is 29.9 Å². The summed E-state index contributed by atoms with van der Waals surface area (Å²) in [5, 5.41) is 39.7. The van der Waals surface area contributed by atoms with Gasteiger partial charge in [0.05, 0.1) is 25.9 Å². The standard InChI is InChI=1S/C23H30O6/c1-3-16-4-6-17(7-5-16)10-18-8-9-19-14-28-23(20(19)11-18,22(27)13-25)29-21(12-24)15(2)26/h4-9,11,15,21-22,24-27H,3,10,12-14H2,1-2H3/t15-,21?,22-,23-/m0/s1. The Bertz CT molecular complexity index is 804. The first-order chi connectivity index (χ1) is 13.9. The van der Waals surface area contributed by atoms with Crippen LogP contribution in [-0.2, 0) is 34.7 Å². The van der Waals surface area contributed by atoms with Gasteiger partial charge >= 0.3 is 0 Å². The Morgan fingerprint density at radius 2 is 1.66 bits per heavy atom. The molecule has 0 aromatic heterocycles. The average Bonchev–Trinajstić information content (AvgIpc) is 3.10. The zero-order valence-corrected chi connectivity index (χ0v) is 16.9. The van der Waals surface area contributed by atoms with E-state index < -0.39 is 37.3 Å². The number of hydrogen-bond acceptors (Lipinski definition) is 6. The smallest absolute Gasteiger partial charge is 0.225 e. The summed E-state index contributed by atoms with van der Waals surface area (Å²) in [7, 11) is 0. The van der Waals surface area contributed by atoms with Gasteiger partial charge in [0.2, 0.25) is 5.79 Å². The first-order valence-electron chi connectivity index (χ1n) is 10.0. The van der Waals surface area contributed by atoms with Crippen molar-refractivity contribution in [1.29, 1.82) is 0 Å². The van der Waals surface area contributed by atoms with E-state index in [2.05, 4.69) is 31.2 Å². The van der Waals surface area contributed by atoms with Gasteiger partial charge in [0.1, 0.15) is 12.2 Å². The molecule has 4 atom stereocenters. The molecule has 1 aliphatic rings. The SMILES string of the molecule is CCc1ccc(Cc2ccc3c(c2)[C@](OC(CO)[C@H](C)O)([C@@H](O)CO)OC3)cc1. The van der Waals surface area contributed by atoms with E-state index in [4.69, 9.17) is 9.47 Å². The van der Waals surface area contributed by atoms with Crippen LogP contribution in [-0.4, -0.2) is 52.0 Å². The fourth-order valence-corrected chi connectivity index (χ4v) is 3.66. The highest BCUT2D eigenvalue weighted by molar-refractivity contribution is 5.40. The monoisotopic (exact) mass is 402 g/mol. The van der Waals surface area contributed by atoms with E-state index in [0.717, 1.165) is 23.1 Å². The molecule has 0 saturated heterocycles. The van der Waals surface area contributed by atoms with Crippen LogP contribution in [0.3, 0.4) is 0 Å². The van der Waals surface area contributed by atoms with Crippen LogP contribution >= 0.6 is 0 Å². The Balaban J connectivity index is 1.94. The fraction of sp³-hybridized carbons (Fsp3) is 0.478. The van der Waals surface area contributed by atoms with E-state index in [-0.39, 0.29) is 6.61 Å². The highest BCUT2D eigenvalue weighted by Gasteiger charge is 2.49. The fourth-order valence-electron chi connectivity index (χ4n) is 3.66. The van der Waals surface area contributed by atoms with E-state index in [1.165, 1.54) is 12.5 Å². The molecule has 0 aliphatic carbocycles. The lowest BCUT2D eigenvalue weighted by molar-refractivity contribution is -0.321. The van der Waals surface area contributed by atoms with Crippen molar-refractivity contribution in [2.75, 3.05) is 13.2 Å². The second kappa shape index (κ2) is 9.34. The predicted molar refractivity (Wildman–Crippen MR) is 108 cm³/mol. The number of rotatable bonds is 9. The zero-order chi connectivity index (χ0) is 21.0. The van der Waals surface area contributed by atoms with Gasteiger partial charge in [-0.1, -0.05) is 43.3 Å². The second-order valence-electron chi connectivity index (χ2n) is 7.57. The molecule has 29 heavy (non-hydrogen) atoms. The number of aryl methyl sites for hydroxylation is 1. The molecule has 1 aliphatic heterocycles. The van der Waals surface area contributed by atoms with Crippen LogP contribution < -0.4 is 0 Å². The van der Waals surface area contributed by atoms with Crippen molar-refractivity contribution in [3.8, 4) is 0 Å². The average molecular weight is 402 g/mol. The molecule has 1 heterocycles. The van der Waals surface area contributed by atoms with Gasteiger partial charge in [0, 0.05) is 5.56 Å². The van der Waals surface area contributed by atoms with Crippen molar-refractivity contribution in [2.45, 2.75) is 57.4 Å². The summed E-state index contributed by atoms with van der Waals surface area (Å²) in [6.07, 6.45) is -1.62. The van der Waals surface area contributed by atoms with Crippen LogP contribution in [0.2, 0.25) is 0 Å². The normalized spacial score (nSPS) is 21.6. The molecule has 0 fully saturated rings. The van der Waals surface area contributed by atoms with Crippen molar-refractivity contribution >= 4 is 0 Å². The van der Waals surface area contributed by atoms with Crippen LogP contribution in [0.5, 0.6) is 0 Å². The van der Waals surface area contributed by atoms with Gasteiger partial charge in [-0.25, -0.2) is 0 Å². The van der Waals surface area contributed by atoms with Crippen molar-refractivity contribution in [1.82, 2.24) is 0 Å². The van der Waals surface area contributed by atoms with E-state index in [0.29, 0.717) is 12.0 Å². The van der Waals surface area contributed by atoms with Gasteiger partial charge in [0.15, 0.2) is 0 Å². The first-order valence-corrected chi connectivity index (χ1v) is 10.0. The van der Waals surface area contributed by atoms with E-state index in [1.54, 1.807) is 0 Å². The molecule has 2 aromatic carbocycles. The third-order valence-corrected chi connectivity index (χ3v) is 5.49. The number of ether oxygens (including phenoxy) is 2. The maximum Gasteiger partial charge on any atom is 0.225 e. The summed E-state index contributed by atoms with van der Waals surface area (Å²) in [4.78, 5) is 0. The summed E-state index contributed by atoms with van der Waals surface area (Å²) in [6, 6.07) is 14.3. The molecular weight excluding hydrogens is 372 g/mol. The van der Waals surface area contributed by atoms with Crippen LogP contribution in [0.25, 0.3) is 0 Å². The molecule has 0 spiro atoms. The summed E-state index contributed by atoms with van der Waals surface area (Å²) >= 11 is 0. The van der Waals surface area contributed by atoms with Gasteiger partial charge in [-0.15, -0.1) is 0 Å². The lowest BCUT2D eigenvalue weighted by Crippen LogP contribution is -2.49. The van der Waals surface area contributed by atoms with E-state index in [9.17, 15) is 20.4 Å². The molecule has 0 radical (unpaired) electrons. The van der Waals surface area contributed by atoms with Crippen LogP contribution in [0, 0.1) is 0 Å². The minimum atomic E-state index is -1.64. The Labute approximate surface area is 171 Å². The van der Waals surface area contributed by atoms with Crippen LogP contribution in [0.15, 0.2) is 42.5 Å². The Kier molecular flexibility index (Phi) is 7.05. The highest BCUT2D eigenvalue weighted by atomic mass is 16.7. The summed E-state index contributed by atoms with van der Waals surface area (Å²) < 4.78 is 11.7. The lowest BCUT2D eigenvalue weighted by Gasteiger charge is -2.37. The lowest BCUT2D eigenvalue weighted by atomic mass is 9.93. The van der Waals surface area contributed by atoms with Crippen molar-refractivity contribution in [2.24, 2.45) is 0 Å². The quantitative estimate of drug-likeness (QED) is 0.509. The van der Waals surface area contributed by atoms with Gasteiger partial charge in [-0.05, 0) is 48.1 Å². The maximum atomic E-state index is 10.6. The molecule has 2 aromatic rings. The molecule has 4 N–H and O–H groups in total. The predicted octanol–water partition coefficient (Wildman–Crippen LogP) is 1.63. The largest absolute Gasteiger partial charge is 0.394 e.